The minimum Gasteiger partial charge on any atom is -0.481 e. The zero-order chi connectivity index (χ0) is 10.5. The summed E-state index contributed by atoms with van der Waals surface area (Å²) in [5.74, 6) is -2.75. The Morgan fingerprint density at radius 3 is 2.38 bits per heavy atom. The molecule has 0 aromatic rings. The molecular weight excluding hydrogens is 180 g/mol. The van der Waals surface area contributed by atoms with Crippen LogP contribution in [-0.4, -0.2) is 27.8 Å². The maximum absolute atomic E-state index is 10.4. The van der Waals surface area contributed by atoms with Crippen LogP contribution in [0.3, 0.4) is 0 Å². The second kappa shape index (κ2) is 4.29. The van der Waals surface area contributed by atoms with Crippen LogP contribution in [0.1, 0.15) is 12.8 Å². The Hall–Kier alpha value is -1.79. The monoisotopic (exact) mass is 188 g/mol. The van der Waals surface area contributed by atoms with Crippen LogP contribution in [0.15, 0.2) is 5.11 Å². The lowest BCUT2D eigenvalue weighted by molar-refractivity contribution is -0.144. The average Bonchev–Trinajstić information content (AvgIpc) is 2.01. The summed E-state index contributed by atoms with van der Waals surface area (Å²) in [6, 6.07) is 0. The lowest BCUT2D eigenvalue weighted by Crippen LogP contribution is -2.46. The predicted octanol–water partition coefficient (Wildman–Crippen LogP) is -0.0989. The molecule has 0 aliphatic heterocycles. The Balaban J connectivity index is 4.51. The summed E-state index contributed by atoms with van der Waals surface area (Å²) in [5, 5.41) is 19.6. The lowest BCUT2D eigenvalue weighted by Gasteiger charge is -2.16. The first-order valence-corrected chi connectivity index (χ1v) is 3.22. The number of carboxylic acids is 2. The molecule has 0 fully saturated rings. The molecule has 0 aliphatic carbocycles. The van der Waals surface area contributed by atoms with Crippen LogP contribution in [0, 0.1) is 0 Å². The standard InChI is InChI=1S/C5H8N4O4/c6-5(4(12)13,8-9-7)2-1-3(10)11/h1-2,6H2,(H,10,11)(H,12,13)/t5-/m1/s1. The van der Waals surface area contributed by atoms with Gasteiger partial charge in [0.1, 0.15) is 0 Å². The fraction of sp³-hybridized carbons (Fsp3) is 0.600. The summed E-state index contributed by atoms with van der Waals surface area (Å²) in [6.07, 6.45) is -0.913. The SMILES string of the molecule is [N-]=[N+]=N[C@](N)(CCC(=O)O)C(=O)O. The third-order valence-electron chi connectivity index (χ3n) is 1.31. The number of hydrogen-bond donors (Lipinski definition) is 3. The van der Waals surface area contributed by atoms with Crippen molar-refractivity contribution >= 4 is 11.9 Å². The summed E-state index contributed by atoms with van der Waals surface area (Å²) < 4.78 is 0. The van der Waals surface area contributed by atoms with Crippen molar-refractivity contribution in [3.05, 3.63) is 10.4 Å². The molecule has 0 heterocycles. The third-order valence-corrected chi connectivity index (χ3v) is 1.31. The highest BCUT2D eigenvalue weighted by Gasteiger charge is 2.33. The fourth-order valence-corrected chi connectivity index (χ4v) is 0.577. The van der Waals surface area contributed by atoms with Crippen LogP contribution < -0.4 is 5.73 Å². The number of hydrogen-bond acceptors (Lipinski definition) is 4. The quantitative estimate of drug-likeness (QED) is 0.312. The van der Waals surface area contributed by atoms with Gasteiger partial charge in [0.15, 0.2) is 5.66 Å². The largest absolute Gasteiger partial charge is 0.481 e. The molecule has 0 amide bonds. The van der Waals surface area contributed by atoms with Gasteiger partial charge < -0.3 is 15.9 Å². The highest BCUT2D eigenvalue weighted by Crippen LogP contribution is 2.12. The highest BCUT2D eigenvalue weighted by atomic mass is 16.4. The van der Waals surface area contributed by atoms with Crippen molar-refractivity contribution in [2.24, 2.45) is 10.8 Å². The van der Waals surface area contributed by atoms with E-state index in [1.165, 1.54) is 0 Å². The number of carboxylic acid groups (broad SMARTS) is 2. The molecule has 0 rings (SSSR count). The van der Waals surface area contributed by atoms with E-state index in [9.17, 15) is 9.59 Å². The molecule has 0 saturated carbocycles. The van der Waals surface area contributed by atoms with Crippen LogP contribution in [-0.2, 0) is 9.59 Å². The molecule has 0 aromatic carbocycles. The first-order valence-electron chi connectivity index (χ1n) is 3.22. The van der Waals surface area contributed by atoms with Crippen molar-refractivity contribution in [2.45, 2.75) is 18.5 Å². The van der Waals surface area contributed by atoms with Crippen molar-refractivity contribution in [3.8, 4) is 0 Å². The topological polar surface area (TPSA) is 149 Å². The molecule has 0 aliphatic rings. The summed E-state index contributed by atoms with van der Waals surface area (Å²) in [5.41, 5.74) is 10.9. The van der Waals surface area contributed by atoms with E-state index in [1.807, 2.05) is 0 Å². The van der Waals surface area contributed by atoms with E-state index < -0.39 is 30.4 Å². The van der Waals surface area contributed by atoms with Gasteiger partial charge in [0.25, 0.3) is 0 Å². The van der Waals surface area contributed by atoms with Gasteiger partial charge in [-0.25, -0.2) is 0 Å². The number of azide groups is 1. The lowest BCUT2D eigenvalue weighted by atomic mass is 10.1. The zero-order valence-corrected chi connectivity index (χ0v) is 6.54. The van der Waals surface area contributed by atoms with E-state index >= 15 is 0 Å². The first kappa shape index (κ1) is 11.2. The van der Waals surface area contributed by atoms with Gasteiger partial charge in [0.2, 0.25) is 0 Å². The second-order valence-electron chi connectivity index (χ2n) is 2.31. The van der Waals surface area contributed by atoms with Crippen LogP contribution in [0.2, 0.25) is 0 Å². The second-order valence-corrected chi connectivity index (χ2v) is 2.31. The zero-order valence-electron chi connectivity index (χ0n) is 6.54. The number of nitrogens with zero attached hydrogens (tertiary/aromatic N) is 3. The molecule has 0 bridgehead atoms. The van der Waals surface area contributed by atoms with E-state index in [-0.39, 0.29) is 0 Å². The van der Waals surface area contributed by atoms with Crippen LogP contribution in [0.4, 0.5) is 0 Å². The number of rotatable bonds is 5. The van der Waals surface area contributed by atoms with E-state index in [0.29, 0.717) is 0 Å². The van der Waals surface area contributed by atoms with Gasteiger partial charge >= 0.3 is 11.9 Å². The molecule has 4 N–H and O–H groups in total. The molecule has 72 valence electrons. The molecule has 1 atom stereocenters. The Morgan fingerprint density at radius 2 is 2.08 bits per heavy atom. The van der Waals surface area contributed by atoms with E-state index in [2.05, 4.69) is 10.0 Å². The van der Waals surface area contributed by atoms with Crippen molar-refractivity contribution < 1.29 is 19.8 Å². The fourth-order valence-electron chi connectivity index (χ4n) is 0.577. The summed E-state index contributed by atoms with van der Waals surface area (Å²) >= 11 is 0. The summed E-state index contributed by atoms with van der Waals surface area (Å²) in [6.45, 7) is 0. The first-order chi connectivity index (χ1) is 5.92. The highest BCUT2D eigenvalue weighted by molar-refractivity contribution is 5.79. The summed E-state index contributed by atoms with van der Waals surface area (Å²) in [4.78, 5) is 22.8. The van der Waals surface area contributed by atoms with Gasteiger partial charge in [-0.1, -0.05) is 5.11 Å². The van der Waals surface area contributed by atoms with Gasteiger partial charge in [-0.05, 0) is 12.0 Å². The molecule has 0 spiro atoms. The third kappa shape index (κ3) is 3.41. The van der Waals surface area contributed by atoms with Gasteiger partial charge in [-0.2, -0.15) is 0 Å². The molecule has 0 aromatic heterocycles. The van der Waals surface area contributed by atoms with Crippen molar-refractivity contribution in [1.29, 1.82) is 0 Å². The van der Waals surface area contributed by atoms with Crippen LogP contribution >= 0.6 is 0 Å². The smallest absolute Gasteiger partial charge is 0.329 e. The van der Waals surface area contributed by atoms with Gasteiger partial charge in [-0.15, -0.1) is 0 Å². The molecule has 13 heavy (non-hydrogen) atoms. The Kier molecular flexibility index (Phi) is 3.70. The Bertz CT molecular complexity index is 268. The van der Waals surface area contributed by atoms with Crippen molar-refractivity contribution in [2.75, 3.05) is 0 Å². The molecule has 8 nitrogen and oxygen atoms in total. The van der Waals surface area contributed by atoms with E-state index in [4.69, 9.17) is 21.5 Å². The van der Waals surface area contributed by atoms with Crippen molar-refractivity contribution in [3.63, 3.8) is 0 Å². The average molecular weight is 188 g/mol. The normalized spacial score (nSPS) is 13.9. The predicted molar refractivity (Wildman–Crippen MR) is 40.6 cm³/mol. The number of carbonyl (C=O) groups is 2. The molecule has 0 saturated heterocycles. The molecule has 0 radical (unpaired) electrons. The number of nitrogens with two attached hydrogens (primary N) is 1. The van der Waals surface area contributed by atoms with E-state index in [0.717, 1.165) is 0 Å². The Labute approximate surface area is 72.6 Å². The van der Waals surface area contributed by atoms with Gasteiger partial charge in [0.05, 0.1) is 0 Å². The van der Waals surface area contributed by atoms with Crippen LogP contribution in [0.25, 0.3) is 10.4 Å². The minimum absolute atomic E-state index is 0.443. The number of aliphatic carboxylic acids is 2. The minimum atomic E-state index is -2.17. The summed E-state index contributed by atoms with van der Waals surface area (Å²) in [7, 11) is 0. The molecular formula is C5H8N4O4. The molecule has 8 heteroatoms. The van der Waals surface area contributed by atoms with E-state index in [1.54, 1.807) is 0 Å². The van der Waals surface area contributed by atoms with Gasteiger partial charge in [0, 0.05) is 11.3 Å². The van der Waals surface area contributed by atoms with Crippen molar-refractivity contribution in [1.82, 2.24) is 0 Å². The molecule has 0 unspecified atom stereocenters. The van der Waals surface area contributed by atoms with Crippen LogP contribution in [0.5, 0.6) is 0 Å². The van der Waals surface area contributed by atoms with Gasteiger partial charge in [-0.3, -0.25) is 9.59 Å². The maximum Gasteiger partial charge on any atom is 0.329 e. The Morgan fingerprint density at radius 1 is 1.54 bits per heavy atom. The maximum atomic E-state index is 10.4.